The van der Waals surface area contributed by atoms with Crippen LogP contribution in [0.5, 0.6) is 5.75 Å². The van der Waals surface area contributed by atoms with Gasteiger partial charge in [0.25, 0.3) is 0 Å². The number of ketones is 1. The van der Waals surface area contributed by atoms with Gasteiger partial charge in [-0.2, -0.15) is 13.2 Å². The van der Waals surface area contributed by atoms with Crippen LogP contribution in [0, 0.1) is 11.8 Å². The van der Waals surface area contributed by atoms with Crippen LogP contribution < -0.4 is 9.64 Å². The van der Waals surface area contributed by atoms with E-state index in [0.717, 1.165) is 23.3 Å². The topological polar surface area (TPSA) is 66.9 Å². The molecule has 0 aliphatic carbocycles. The Morgan fingerprint density at radius 2 is 1.53 bits per heavy atom. The van der Waals surface area contributed by atoms with Crippen molar-refractivity contribution < 1.29 is 32.3 Å². The number of nitrogens with zero attached hydrogens (tertiary/aromatic N) is 2. The molecule has 9 heteroatoms. The second-order valence-corrected chi connectivity index (χ2v) is 9.45. The highest BCUT2D eigenvalue weighted by molar-refractivity contribution is 6.25. The van der Waals surface area contributed by atoms with Gasteiger partial charge in [0.2, 0.25) is 11.8 Å². The summed E-state index contributed by atoms with van der Waals surface area (Å²) in [5, 5.41) is 0. The van der Waals surface area contributed by atoms with Crippen LogP contribution >= 0.6 is 0 Å². The number of amides is 2. The highest BCUT2D eigenvalue weighted by atomic mass is 19.4. The quantitative estimate of drug-likeness (QED) is 0.355. The average Bonchev–Trinajstić information content (AvgIpc) is 3.40. The van der Waals surface area contributed by atoms with Gasteiger partial charge in [0, 0.05) is 11.8 Å². The maximum Gasteiger partial charge on any atom is 0.418 e. The number of alkyl halides is 3. The number of carbonyl (C=O) groups excluding carboxylic acids is 3. The number of Topliss-reactive ketones (excluding diaryl/α,β-unsaturated/α-hetero) is 1. The molecule has 6 nitrogen and oxygen atoms in total. The van der Waals surface area contributed by atoms with Crippen LogP contribution in [0.25, 0.3) is 6.08 Å². The first-order chi connectivity index (χ1) is 18.2. The first-order valence-electron chi connectivity index (χ1n) is 12.0. The molecule has 6 rings (SSSR count). The van der Waals surface area contributed by atoms with Gasteiger partial charge in [0.1, 0.15) is 11.8 Å². The molecular formula is C29H21F3N2O4. The molecule has 3 aromatic rings. The summed E-state index contributed by atoms with van der Waals surface area (Å²) in [6, 6.07) is 16.4. The average molecular weight is 518 g/mol. The monoisotopic (exact) mass is 518 g/mol. The van der Waals surface area contributed by atoms with Crippen LogP contribution in [0.15, 0.2) is 79.0 Å². The van der Waals surface area contributed by atoms with Gasteiger partial charge in [-0.05, 0) is 53.6 Å². The number of carbonyl (C=O) groups is 3. The van der Waals surface area contributed by atoms with E-state index in [0.29, 0.717) is 16.2 Å². The zero-order valence-corrected chi connectivity index (χ0v) is 20.1. The molecule has 0 N–H and O–H groups in total. The lowest BCUT2D eigenvalue weighted by atomic mass is 9.83. The Morgan fingerprint density at radius 1 is 0.868 bits per heavy atom. The highest BCUT2D eigenvalue weighted by Gasteiger charge is 2.65. The van der Waals surface area contributed by atoms with Crippen molar-refractivity contribution in [3.63, 3.8) is 0 Å². The second-order valence-electron chi connectivity index (χ2n) is 9.45. The molecule has 192 valence electrons. The van der Waals surface area contributed by atoms with Crippen molar-refractivity contribution in [3.05, 3.63) is 101 Å². The lowest BCUT2D eigenvalue weighted by Gasteiger charge is -2.35. The molecule has 3 aliphatic rings. The SMILES string of the molecule is COc1ccc(C(=O)[C@H]2[C@H]3C(=O)N(c4ccccc4C(F)(F)F)C(=O)[C@@H]3[C@H]3c4ccccc4C=CN32)cc1. The van der Waals surface area contributed by atoms with Gasteiger partial charge in [-0.1, -0.05) is 36.4 Å². The van der Waals surface area contributed by atoms with E-state index in [4.69, 9.17) is 4.74 Å². The molecule has 0 unspecified atom stereocenters. The Bertz CT molecular complexity index is 1500. The molecule has 0 aromatic heterocycles. The van der Waals surface area contributed by atoms with E-state index in [1.165, 1.54) is 19.2 Å². The first-order valence-corrected chi connectivity index (χ1v) is 12.0. The molecular weight excluding hydrogens is 497 g/mol. The number of methoxy groups -OCH3 is 1. The van der Waals surface area contributed by atoms with E-state index < -0.39 is 58.9 Å². The number of halogens is 3. The Hall–Kier alpha value is -4.40. The van der Waals surface area contributed by atoms with Crippen LogP contribution in [0.4, 0.5) is 18.9 Å². The van der Waals surface area contributed by atoms with Gasteiger partial charge in [-0.3, -0.25) is 14.4 Å². The molecule has 0 saturated carbocycles. The molecule has 3 aliphatic heterocycles. The molecule has 38 heavy (non-hydrogen) atoms. The summed E-state index contributed by atoms with van der Waals surface area (Å²) in [6.45, 7) is 0. The molecule has 2 saturated heterocycles. The summed E-state index contributed by atoms with van der Waals surface area (Å²) in [5.41, 5.74) is 0.255. The van der Waals surface area contributed by atoms with Gasteiger partial charge >= 0.3 is 6.18 Å². The van der Waals surface area contributed by atoms with Crippen LogP contribution in [0.2, 0.25) is 0 Å². The maximum absolute atomic E-state index is 13.9. The van der Waals surface area contributed by atoms with Crippen molar-refractivity contribution >= 4 is 29.4 Å². The van der Waals surface area contributed by atoms with E-state index in [9.17, 15) is 27.6 Å². The third-order valence-corrected chi connectivity index (χ3v) is 7.56. The number of anilines is 1. The van der Waals surface area contributed by atoms with Crippen LogP contribution in [-0.4, -0.2) is 35.6 Å². The predicted octanol–water partition coefficient (Wildman–Crippen LogP) is 5.11. The maximum atomic E-state index is 13.9. The van der Waals surface area contributed by atoms with Gasteiger partial charge < -0.3 is 9.64 Å². The van der Waals surface area contributed by atoms with Crippen molar-refractivity contribution in [1.29, 1.82) is 0 Å². The van der Waals surface area contributed by atoms with Gasteiger partial charge in [0.05, 0.1) is 36.2 Å². The van der Waals surface area contributed by atoms with Gasteiger partial charge in [-0.25, -0.2) is 4.90 Å². The van der Waals surface area contributed by atoms with Crippen LogP contribution in [0.3, 0.4) is 0 Å². The fourth-order valence-corrected chi connectivity index (χ4v) is 5.93. The highest BCUT2D eigenvalue weighted by Crippen LogP contribution is 2.54. The first kappa shape index (κ1) is 24.0. The number of hydrogen-bond donors (Lipinski definition) is 0. The summed E-state index contributed by atoms with van der Waals surface area (Å²) in [5.74, 6) is -3.63. The van der Waals surface area contributed by atoms with Gasteiger partial charge in [-0.15, -0.1) is 0 Å². The molecule has 0 bridgehead atoms. The van der Waals surface area contributed by atoms with Crippen LogP contribution in [0.1, 0.15) is 33.1 Å². The van der Waals surface area contributed by atoms with Crippen molar-refractivity contribution in [1.82, 2.24) is 4.90 Å². The minimum absolute atomic E-state index is 0.303. The molecule has 3 aromatic carbocycles. The Balaban J connectivity index is 1.50. The van der Waals surface area contributed by atoms with E-state index in [1.54, 1.807) is 41.4 Å². The number of para-hydroxylation sites is 1. The standard InChI is InChI=1S/C29H21F3N2O4/c1-38-18-12-10-17(11-13-18)26(35)25-23-22(24-19-7-3-2-6-16(19)14-15-33(24)25)27(36)34(28(23)37)21-9-5-4-8-20(21)29(30,31)32/h2-15,22-25H,1H3/t22-,23-,24+,25+/m0/s1. The van der Waals surface area contributed by atoms with Crippen LogP contribution in [-0.2, 0) is 15.8 Å². The third-order valence-electron chi connectivity index (χ3n) is 7.56. The summed E-state index contributed by atoms with van der Waals surface area (Å²) >= 11 is 0. The van der Waals surface area contributed by atoms with Crippen molar-refractivity contribution in [2.75, 3.05) is 12.0 Å². The molecule has 2 fully saturated rings. The molecule has 4 atom stereocenters. The molecule has 3 heterocycles. The fourth-order valence-electron chi connectivity index (χ4n) is 5.93. The number of rotatable bonds is 4. The Kier molecular flexibility index (Phi) is 5.41. The summed E-state index contributed by atoms with van der Waals surface area (Å²) in [4.78, 5) is 44.0. The van der Waals surface area contributed by atoms with E-state index >= 15 is 0 Å². The molecule has 0 spiro atoms. The van der Waals surface area contributed by atoms with E-state index in [-0.39, 0.29) is 0 Å². The lowest BCUT2D eigenvalue weighted by Crippen LogP contribution is -2.44. The Morgan fingerprint density at radius 3 is 2.24 bits per heavy atom. The second kappa shape index (κ2) is 8.58. The lowest BCUT2D eigenvalue weighted by molar-refractivity contribution is -0.137. The van der Waals surface area contributed by atoms with Crippen molar-refractivity contribution in [3.8, 4) is 5.75 Å². The van der Waals surface area contributed by atoms with Crippen molar-refractivity contribution in [2.24, 2.45) is 11.8 Å². The fraction of sp³-hybridized carbons (Fsp3) is 0.207. The minimum Gasteiger partial charge on any atom is -0.497 e. The van der Waals surface area contributed by atoms with E-state index in [2.05, 4.69) is 0 Å². The predicted molar refractivity (Wildman–Crippen MR) is 132 cm³/mol. The van der Waals surface area contributed by atoms with Crippen molar-refractivity contribution in [2.45, 2.75) is 18.3 Å². The summed E-state index contributed by atoms with van der Waals surface area (Å²) < 4.78 is 46.8. The molecule has 0 radical (unpaired) electrons. The summed E-state index contributed by atoms with van der Waals surface area (Å²) in [6.07, 6.45) is -1.27. The number of imide groups is 1. The Labute approximate surface area is 215 Å². The molecule has 2 amide bonds. The number of hydrogen-bond acceptors (Lipinski definition) is 5. The third kappa shape index (κ3) is 3.45. The minimum atomic E-state index is -4.78. The largest absolute Gasteiger partial charge is 0.497 e. The number of benzene rings is 3. The van der Waals surface area contributed by atoms with E-state index in [1.807, 2.05) is 24.3 Å². The normalized spacial score (nSPS) is 23.8. The number of fused-ring (bicyclic) bond motifs is 5. The zero-order chi connectivity index (χ0) is 26.8. The van der Waals surface area contributed by atoms with Gasteiger partial charge in [0.15, 0.2) is 5.78 Å². The number of ether oxygens (including phenoxy) is 1. The zero-order valence-electron chi connectivity index (χ0n) is 20.1. The smallest absolute Gasteiger partial charge is 0.418 e. The summed E-state index contributed by atoms with van der Waals surface area (Å²) in [7, 11) is 1.50.